The van der Waals surface area contributed by atoms with Crippen LogP contribution in [0.2, 0.25) is 0 Å². The third-order valence-electron chi connectivity index (χ3n) is 2.37. The lowest BCUT2D eigenvalue weighted by molar-refractivity contribution is 0.576. The minimum Gasteiger partial charge on any atom is -0.461 e. The molecule has 0 fully saturated rings. The van der Waals surface area contributed by atoms with Crippen molar-refractivity contribution in [3.63, 3.8) is 0 Å². The monoisotopic (exact) mass is 203 g/mol. The Morgan fingerprint density at radius 2 is 1.93 bits per heavy atom. The zero-order valence-corrected chi connectivity index (χ0v) is 8.82. The number of aryl methyl sites for hydroxylation is 2. The van der Waals surface area contributed by atoms with Gasteiger partial charge < -0.3 is 10.2 Å². The molecule has 0 unspecified atom stereocenters. The normalized spacial score (nSPS) is 10.6. The second kappa shape index (κ2) is 3.82. The van der Waals surface area contributed by atoms with E-state index in [0.717, 1.165) is 17.0 Å². The van der Waals surface area contributed by atoms with E-state index in [0.29, 0.717) is 18.1 Å². The van der Waals surface area contributed by atoms with E-state index in [2.05, 4.69) is 9.97 Å². The van der Waals surface area contributed by atoms with Crippen molar-refractivity contribution in [1.82, 2.24) is 9.97 Å². The maximum absolute atomic E-state index is 5.62. The van der Waals surface area contributed by atoms with E-state index >= 15 is 0 Å². The summed E-state index contributed by atoms with van der Waals surface area (Å²) in [4.78, 5) is 8.72. The number of furan rings is 1. The third kappa shape index (κ3) is 1.76. The van der Waals surface area contributed by atoms with Gasteiger partial charge >= 0.3 is 0 Å². The summed E-state index contributed by atoms with van der Waals surface area (Å²) in [6, 6.07) is 3.66. The Morgan fingerprint density at radius 3 is 2.40 bits per heavy atom. The second-order valence-electron chi connectivity index (χ2n) is 3.38. The summed E-state index contributed by atoms with van der Waals surface area (Å²) < 4.78 is 5.25. The Hall–Kier alpha value is -1.68. The second-order valence-corrected chi connectivity index (χ2v) is 3.38. The average Bonchev–Trinajstić information content (AvgIpc) is 2.69. The van der Waals surface area contributed by atoms with Gasteiger partial charge in [0.2, 0.25) is 0 Å². The maximum atomic E-state index is 5.62. The summed E-state index contributed by atoms with van der Waals surface area (Å²) in [7, 11) is 0. The molecule has 2 aromatic heterocycles. The van der Waals surface area contributed by atoms with Gasteiger partial charge in [0.05, 0.1) is 6.26 Å². The van der Waals surface area contributed by atoms with E-state index in [4.69, 9.17) is 10.2 Å². The molecule has 0 aliphatic rings. The molecule has 0 amide bonds. The molecule has 2 heterocycles. The first-order valence-electron chi connectivity index (χ1n) is 4.80. The topological polar surface area (TPSA) is 64.9 Å². The van der Waals surface area contributed by atoms with Crippen molar-refractivity contribution in [3.05, 3.63) is 35.3 Å². The average molecular weight is 203 g/mol. The Balaban J connectivity index is 2.53. The van der Waals surface area contributed by atoms with Gasteiger partial charge in [0.15, 0.2) is 11.6 Å². The van der Waals surface area contributed by atoms with Crippen molar-refractivity contribution in [3.8, 4) is 11.6 Å². The van der Waals surface area contributed by atoms with Crippen LogP contribution in [0.25, 0.3) is 11.6 Å². The van der Waals surface area contributed by atoms with Crippen LogP contribution >= 0.6 is 0 Å². The summed E-state index contributed by atoms with van der Waals surface area (Å²) in [6.07, 6.45) is 1.61. The van der Waals surface area contributed by atoms with Crippen molar-refractivity contribution in [2.75, 3.05) is 0 Å². The fourth-order valence-corrected chi connectivity index (χ4v) is 1.55. The molecule has 0 spiro atoms. The zero-order valence-electron chi connectivity index (χ0n) is 8.82. The fourth-order valence-electron chi connectivity index (χ4n) is 1.55. The van der Waals surface area contributed by atoms with Gasteiger partial charge in [-0.2, -0.15) is 0 Å². The van der Waals surface area contributed by atoms with Gasteiger partial charge in [-0.05, 0) is 26.0 Å². The van der Waals surface area contributed by atoms with Gasteiger partial charge in [0.1, 0.15) is 0 Å². The number of aromatic nitrogens is 2. The molecule has 0 aromatic carbocycles. The predicted molar refractivity (Wildman–Crippen MR) is 57.1 cm³/mol. The van der Waals surface area contributed by atoms with Gasteiger partial charge in [0, 0.05) is 23.5 Å². The molecular weight excluding hydrogens is 190 g/mol. The summed E-state index contributed by atoms with van der Waals surface area (Å²) in [5, 5.41) is 0. The molecule has 0 aliphatic carbocycles. The SMILES string of the molecule is Cc1nc(-c2ccco2)nc(C)c1CN. The van der Waals surface area contributed by atoms with E-state index in [1.807, 2.05) is 26.0 Å². The minimum atomic E-state index is 0.468. The van der Waals surface area contributed by atoms with Crippen LogP contribution in [0.15, 0.2) is 22.8 Å². The molecule has 0 bridgehead atoms. The van der Waals surface area contributed by atoms with Crippen LogP contribution in [0.3, 0.4) is 0 Å². The molecule has 15 heavy (non-hydrogen) atoms. The molecule has 0 saturated heterocycles. The number of hydrogen-bond acceptors (Lipinski definition) is 4. The Morgan fingerprint density at radius 1 is 1.27 bits per heavy atom. The first-order valence-corrected chi connectivity index (χ1v) is 4.80. The summed E-state index contributed by atoms with van der Waals surface area (Å²) >= 11 is 0. The molecule has 2 N–H and O–H groups in total. The largest absolute Gasteiger partial charge is 0.461 e. The molecule has 0 radical (unpaired) electrons. The minimum absolute atomic E-state index is 0.468. The number of nitrogens with zero attached hydrogens (tertiary/aromatic N) is 2. The molecular formula is C11H13N3O. The fraction of sp³-hybridized carbons (Fsp3) is 0.273. The molecule has 0 saturated carbocycles. The van der Waals surface area contributed by atoms with Gasteiger partial charge in [-0.25, -0.2) is 9.97 Å². The molecule has 0 atom stereocenters. The predicted octanol–water partition coefficient (Wildman–Crippen LogP) is 1.81. The Kier molecular flexibility index (Phi) is 2.51. The molecule has 78 valence electrons. The zero-order chi connectivity index (χ0) is 10.8. The molecule has 2 aromatic rings. The van der Waals surface area contributed by atoms with Crippen molar-refractivity contribution < 1.29 is 4.42 Å². The van der Waals surface area contributed by atoms with E-state index in [1.165, 1.54) is 0 Å². The molecule has 0 aliphatic heterocycles. The highest BCUT2D eigenvalue weighted by molar-refractivity contribution is 5.47. The molecule has 4 heteroatoms. The van der Waals surface area contributed by atoms with Gasteiger partial charge in [-0.15, -0.1) is 0 Å². The van der Waals surface area contributed by atoms with E-state index < -0.39 is 0 Å². The van der Waals surface area contributed by atoms with Crippen LogP contribution in [0.1, 0.15) is 17.0 Å². The van der Waals surface area contributed by atoms with Crippen LogP contribution in [0.4, 0.5) is 0 Å². The van der Waals surface area contributed by atoms with E-state index in [1.54, 1.807) is 6.26 Å². The summed E-state index contributed by atoms with van der Waals surface area (Å²) in [5.41, 5.74) is 8.45. The van der Waals surface area contributed by atoms with Crippen LogP contribution in [-0.4, -0.2) is 9.97 Å². The van der Waals surface area contributed by atoms with Crippen LogP contribution in [0.5, 0.6) is 0 Å². The lowest BCUT2D eigenvalue weighted by Crippen LogP contribution is -2.07. The first-order chi connectivity index (χ1) is 7.22. The van der Waals surface area contributed by atoms with Crippen molar-refractivity contribution >= 4 is 0 Å². The quantitative estimate of drug-likeness (QED) is 0.808. The Labute approximate surface area is 88.2 Å². The maximum Gasteiger partial charge on any atom is 0.196 e. The number of rotatable bonds is 2. The standard InChI is InChI=1S/C11H13N3O/c1-7-9(6-12)8(2)14-11(13-7)10-4-3-5-15-10/h3-5H,6,12H2,1-2H3. The smallest absolute Gasteiger partial charge is 0.196 e. The molecule has 4 nitrogen and oxygen atoms in total. The van der Waals surface area contributed by atoms with Crippen LogP contribution in [0, 0.1) is 13.8 Å². The van der Waals surface area contributed by atoms with Crippen molar-refractivity contribution in [1.29, 1.82) is 0 Å². The van der Waals surface area contributed by atoms with E-state index in [-0.39, 0.29) is 0 Å². The molecule has 2 rings (SSSR count). The lowest BCUT2D eigenvalue weighted by Gasteiger charge is -2.07. The van der Waals surface area contributed by atoms with Gasteiger partial charge in [-0.1, -0.05) is 0 Å². The van der Waals surface area contributed by atoms with Crippen LogP contribution in [-0.2, 0) is 6.54 Å². The number of hydrogen-bond donors (Lipinski definition) is 1. The number of nitrogens with two attached hydrogens (primary N) is 1. The van der Waals surface area contributed by atoms with E-state index in [9.17, 15) is 0 Å². The first kappa shape index (κ1) is 9.86. The van der Waals surface area contributed by atoms with Gasteiger partial charge in [-0.3, -0.25) is 0 Å². The highest BCUT2D eigenvalue weighted by Gasteiger charge is 2.09. The lowest BCUT2D eigenvalue weighted by atomic mass is 10.1. The van der Waals surface area contributed by atoms with Gasteiger partial charge in [0.25, 0.3) is 0 Å². The highest BCUT2D eigenvalue weighted by Crippen LogP contribution is 2.18. The summed E-state index contributed by atoms with van der Waals surface area (Å²) in [6.45, 7) is 4.34. The highest BCUT2D eigenvalue weighted by atomic mass is 16.3. The summed E-state index contributed by atoms with van der Waals surface area (Å²) in [5.74, 6) is 1.30. The Bertz CT molecular complexity index is 440. The third-order valence-corrected chi connectivity index (χ3v) is 2.37. The van der Waals surface area contributed by atoms with Crippen molar-refractivity contribution in [2.24, 2.45) is 5.73 Å². The van der Waals surface area contributed by atoms with Crippen molar-refractivity contribution in [2.45, 2.75) is 20.4 Å². The van der Waals surface area contributed by atoms with Crippen LogP contribution < -0.4 is 5.73 Å².